The van der Waals surface area contributed by atoms with Gasteiger partial charge in [-0.15, -0.1) is 0 Å². The summed E-state index contributed by atoms with van der Waals surface area (Å²) in [6.07, 6.45) is 3.43. The predicted octanol–water partition coefficient (Wildman–Crippen LogP) is 0.372. The molecule has 0 spiro atoms. The average Bonchev–Trinajstić information content (AvgIpc) is 3.37. The molecule has 3 heterocycles. The minimum atomic E-state index is 0.138. The number of rotatable bonds is 6. The number of guanidine groups is 1. The normalized spacial score (nSPS) is 27.7. The van der Waals surface area contributed by atoms with Crippen molar-refractivity contribution in [3.63, 3.8) is 0 Å². The van der Waals surface area contributed by atoms with Crippen LogP contribution in [-0.2, 0) is 9.53 Å². The first kappa shape index (κ1) is 19.8. The van der Waals surface area contributed by atoms with Crippen molar-refractivity contribution in [2.24, 2.45) is 4.99 Å². The Morgan fingerprint density at radius 1 is 1.19 bits per heavy atom. The van der Waals surface area contributed by atoms with Crippen LogP contribution < -0.4 is 10.6 Å². The molecule has 3 fully saturated rings. The molecule has 0 aromatic rings. The Morgan fingerprint density at radius 2 is 1.96 bits per heavy atom. The number of carbonyl (C=O) groups excluding carboxylic acids is 1. The second-order valence-electron chi connectivity index (χ2n) is 7.26. The number of nitrogens with zero attached hydrogens (tertiary/aromatic N) is 3. The Morgan fingerprint density at radius 3 is 2.62 bits per heavy atom. The lowest BCUT2D eigenvalue weighted by atomic mass is 9.95. The van der Waals surface area contributed by atoms with E-state index in [1.54, 1.807) is 0 Å². The Kier molecular flexibility index (Phi) is 7.45. The molecule has 0 aromatic heterocycles. The lowest BCUT2D eigenvalue weighted by molar-refractivity contribution is -0.128. The van der Waals surface area contributed by atoms with E-state index in [2.05, 4.69) is 27.4 Å². The standard InChI is InChI=1S/C18H33N5O2S/c1-2-19-17(20-13-16(24)22-6-3-4-7-22)21-14-18(5-12-26-15-18)23-8-10-25-11-9-23/h2-15H2,1H3,(H2,19,20,21). The summed E-state index contributed by atoms with van der Waals surface area (Å²) >= 11 is 2.03. The third-order valence-electron chi connectivity index (χ3n) is 5.52. The van der Waals surface area contributed by atoms with Crippen LogP contribution in [-0.4, -0.2) is 97.7 Å². The van der Waals surface area contributed by atoms with Gasteiger partial charge in [0.2, 0.25) is 5.91 Å². The summed E-state index contributed by atoms with van der Waals surface area (Å²) in [5.41, 5.74) is 0.170. The van der Waals surface area contributed by atoms with Crippen LogP contribution in [0.3, 0.4) is 0 Å². The average molecular weight is 384 g/mol. The number of hydrogen-bond donors (Lipinski definition) is 2. The number of ether oxygens (including phenoxy) is 1. The van der Waals surface area contributed by atoms with Gasteiger partial charge in [-0.3, -0.25) is 9.69 Å². The van der Waals surface area contributed by atoms with Crippen LogP contribution in [0.5, 0.6) is 0 Å². The van der Waals surface area contributed by atoms with Crippen molar-refractivity contribution < 1.29 is 9.53 Å². The molecule has 26 heavy (non-hydrogen) atoms. The van der Waals surface area contributed by atoms with Crippen molar-refractivity contribution >= 4 is 23.6 Å². The van der Waals surface area contributed by atoms with Crippen molar-refractivity contribution in [2.75, 3.05) is 70.5 Å². The molecular weight excluding hydrogens is 350 g/mol. The van der Waals surface area contributed by atoms with Crippen molar-refractivity contribution in [2.45, 2.75) is 31.7 Å². The molecule has 1 amide bonds. The van der Waals surface area contributed by atoms with Gasteiger partial charge in [0, 0.05) is 50.6 Å². The third-order valence-corrected chi connectivity index (χ3v) is 6.76. The van der Waals surface area contributed by atoms with E-state index in [9.17, 15) is 4.79 Å². The zero-order chi connectivity index (χ0) is 18.2. The van der Waals surface area contributed by atoms with E-state index in [1.807, 2.05) is 16.7 Å². The number of carbonyl (C=O) groups is 1. The molecule has 8 heteroatoms. The molecule has 0 bridgehead atoms. The summed E-state index contributed by atoms with van der Waals surface area (Å²) in [6, 6.07) is 0. The van der Waals surface area contributed by atoms with Crippen LogP contribution in [0, 0.1) is 0 Å². The van der Waals surface area contributed by atoms with E-state index in [1.165, 1.54) is 12.2 Å². The van der Waals surface area contributed by atoms with Crippen LogP contribution in [0.15, 0.2) is 4.99 Å². The maximum Gasteiger partial charge on any atom is 0.244 e. The number of hydrogen-bond acceptors (Lipinski definition) is 5. The van der Waals surface area contributed by atoms with E-state index in [-0.39, 0.29) is 18.0 Å². The number of amides is 1. The Bertz CT molecular complexity index is 484. The predicted molar refractivity (Wildman–Crippen MR) is 107 cm³/mol. The molecular formula is C18H33N5O2S. The molecule has 3 rings (SSSR count). The molecule has 3 aliphatic rings. The Hall–Kier alpha value is -0.990. The van der Waals surface area contributed by atoms with Crippen LogP contribution >= 0.6 is 11.8 Å². The van der Waals surface area contributed by atoms with Crippen molar-refractivity contribution in [3.05, 3.63) is 0 Å². The van der Waals surface area contributed by atoms with Gasteiger partial charge >= 0.3 is 0 Å². The summed E-state index contributed by atoms with van der Waals surface area (Å²) in [6.45, 7) is 9.37. The fourth-order valence-corrected chi connectivity index (χ4v) is 5.42. The number of likely N-dealkylation sites (tertiary alicyclic amines) is 1. The lowest BCUT2D eigenvalue weighted by Gasteiger charge is -2.43. The quantitative estimate of drug-likeness (QED) is 0.510. The minimum Gasteiger partial charge on any atom is -0.379 e. The van der Waals surface area contributed by atoms with Crippen molar-refractivity contribution in [3.8, 4) is 0 Å². The molecule has 3 saturated heterocycles. The highest BCUT2D eigenvalue weighted by atomic mass is 32.2. The first-order valence-electron chi connectivity index (χ1n) is 9.94. The monoisotopic (exact) mass is 383 g/mol. The van der Waals surface area contributed by atoms with E-state index < -0.39 is 0 Å². The summed E-state index contributed by atoms with van der Waals surface area (Å²) in [5.74, 6) is 3.25. The van der Waals surface area contributed by atoms with Crippen LogP contribution in [0.4, 0.5) is 0 Å². The molecule has 0 radical (unpaired) electrons. The zero-order valence-electron chi connectivity index (χ0n) is 16.0. The molecule has 0 aliphatic carbocycles. The number of aliphatic imine (C=N–C) groups is 1. The van der Waals surface area contributed by atoms with Crippen molar-refractivity contribution in [1.29, 1.82) is 0 Å². The molecule has 7 nitrogen and oxygen atoms in total. The molecule has 1 unspecified atom stereocenters. The van der Waals surface area contributed by atoms with Crippen LogP contribution in [0.25, 0.3) is 0 Å². The maximum atomic E-state index is 12.3. The van der Waals surface area contributed by atoms with Crippen LogP contribution in [0.1, 0.15) is 26.2 Å². The second kappa shape index (κ2) is 9.80. The van der Waals surface area contributed by atoms with Gasteiger partial charge in [0.15, 0.2) is 5.96 Å². The highest BCUT2D eigenvalue weighted by molar-refractivity contribution is 7.99. The molecule has 0 aromatic carbocycles. The Labute approximate surface area is 161 Å². The van der Waals surface area contributed by atoms with Gasteiger partial charge in [0.1, 0.15) is 6.54 Å². The SMILES string of the molecule is CCNC(=NCC(=O)N1CCCC1)NCC1(N2CCOCC2)CCSC1. The topological polar surface area (TPSA) is 69.2 Å². The first-order valence-corrected chi connectivity index (χ1v) is 11.1. The van der Waals surface area contributed by atoms with Crippen LogP contribution in [0.2, 0.25) is 0 Å². The van der Waals surface area contributed by atoms with E-state index in [0.29, 0.717) is 0 Å². The van der Waals surface area contributed by atoms with Gasteiger partial charge in [-0.1, -0.05) is 0 Å². The first-order chi connectivity index (χ1) is 12.7. The lowest BCUT2D eigenvalue weighted by Crippen LogP contribution is -2.60. The second-order valence-corrected chi connectivity index (χ2v) is 8.37. The molecule has 2 N–H and O–H groups in total. The fraction of sp³-hybridized carbons (Fsp3) is 0.889. The molecule has 0 saturated carbocycles. The van der Waals surface area contributed by atoms with Gasteiger partial charge in [-0.25, -0.2) is 4.99 Å². The highest BCUT2D eigenvalue weighted by Crippen LogP contribution is 2.33. The van der Waals surface area contributed by atoms with E-state index in [4.69, 9.17) is 4.74 Å². The number of morpholine rings is 1. The largest absolute Gasteiger partial charge is 0.379 e. The fourth-order valence-electron chi connectivity index (χ4n) is 3.94. The van der Waals surface area contributed by atoms with Crippen molar-refractivity contribution in [1.82, 2.24) is 20.4 Å². The van der Waals surface area contributed by atoms with Gasteiger partial charge < -0.3 is 20.3 Å². The van der Waals surface area contributed by atoms with E-state index in [0.717, 1.165) is 77.0 Å². The zero-order valence-corrected chi connectivity index (χ0v) is 16.8. The summed E-state index contributed by atoms with van der Waals surface area (Å²) in [4.78, 5) is 21.3. The van der Waals surface area contributed by atoms with Gasteiger partial charge in [-0.2, -0.15) is 11.8 Å². The third kappa shape index (κ3) is 5.04. The minimum absolute atomic E-state index is 0.138. The Balaban J connectivity index is 1.57. The van der Waals surface area contributed by atoms with Gasteiger partial charge in [0.05, 0.1) is 13.2 Å². The van der Waals surface area contributed by atoms with Gasteiger partial charge in [0.25, 0.3) is 0 Å². The molecule has 3 aliphatic heterocycles. The maximum absolute atomic E-state index is 12.3. The molecule has 148 valence electrons. The summed E-state index contributed by atoms with van der Waals surface area (Å²) in [7, 11) is 0. The smallest absolute Gasteiger partial charge is 0.244 e. The summed E-state index contributed by atoms with van der Waals surface area (Å²) < 4.78 is 5.53. The molecule has 1 atom stereocenters. The number of nitrogens with one attached hydrogen (secondary N) is 2. The summed E-state index contributed by atoms with van der Waals surface area (Å²) in [5, 5.41) is 6.81. The number of thioether (sulfide) groups is 1. The van der Waals surface area contributed by atoms with Gasteiger partial charge in [-0.05, 0) is 31.9 Å². The van der Waals surface area contributed by atoms with E-state index >= 15 is 0 Å². The highest BCUT2D eigenvalue weighted by Gasteiger charge is 2.40.